The second-order valence-corrected chi connectivity index (χ2v) is 20.0. The normalized spacial score (nSPS) is 14.1. The Labute approximate surface area is 496 Å². The Kier molecular flexibility index (Phi) is 34.2. The van der Waals surface area contributed by atoms with Crippen molar-refractivity contribution in [3.8, 4) is 5.75 Å². The number of piperidine rings is 1. The van der Waals surface area contributed by atoms with Crippen LogP contribution in [0, 0.1) is 23.3 Å². The van der Waals surface area contributed by atoms with E-state index in [0.717, 1.165) is 63.1 Å². The van der Waals surface area contributed by atoms with Crippen LogP contribution < -0.4 is 10.5 Å². The number of ether oxygens (including phenoxy) is 11. The molecule has 2 aliphatic heterocycles. The van der Waals surface area contributed by atoms with Gasteiger partial charge in [0.15, 0.2) is 11.6 Å². The third-order valence-corrected chi connectivity index (χ3v) is 13.0. The number of likely N-dealkylation sites (tertiary alicyclic amines) is 1. The standard InChI is InChI=1S/C61H86F4N6O14/c1-4-15-71(16-5-2)61(74)50-39-48-12-13-49(40-54(48)68-55(66)41-50)60(73)67-51-7-6-17-70(45-51)44-47-10-8-46(9-11-47)43-69(3)18-20-76-22-24-78-26-28-80-30-32-82-34-36-84-38-37-83-35-33-81-31-29-79-27-25-77-23-21-75-19-14-56(72)85-59-57(64)52(62)42-53(63)58(59)65/h8-13,39-40,42H,4-7,14-38,41,43-45H2,1-3H3,(H2,66,68). The number of rotatable bonds is 44. The van der Waals surface area contributed by atoms with Crippen molar-refractivity contribution in [2.45, 2.75) is 65.5 Å². The fourth-order valence-electron chi connectivity index (χ4n) is 8.74. The lowest BCUT2D eigenvalue weighted by Crippen LogP contribution is -2.35. The summed E-state index contributed by atoms with van der Waals surface area (Å²) in [5, 5.41) is 0. The van der Waals surface area contributed by atoms with Gasteiger partial charge in [-0.3, -0.25) is 24.2 Å². The van der Waals surface area contributed by atoms with Gasteiger partial charge in [0.1, 0.15) is 5.84 Å². The number of amides is 2. The van der Waals surface area contributed by atoms with Gasteiger partial charge >= 0.3 is 5.97 Å². The van der Waals surface area contributed by atoms with Crippen LogP contribution in [0.15, 0.2) is 64.1 Å². The molecule has 0 spiro atoms. The molecule has 0 unspecified atom stereocenters. The summed E-state index contributed by atoms with van der Waals surface area (Å²) < 4.78 is 113. The molecule has 20 nitrogen and oxygen atoms in total. The topological polar surface area (TPSA) is 213 Å². The summed E-state index contributed by atoms with van der Waals surface area (Å²) in [6.45, 7) is 16.9. The maximum atomic E-state index is 13.6. The lowest BCUT2D eigenvalue weighted by Gasteiger charge is -2.27. The molecule has 2 aliphatic rings. The van der Waals surface area contributed by atoms with Crippen molar-refractivity contribution in [3.05, 3.63) is 99.6 Å². The first-order valence-corrected chi connectivity index (χ1v) is 29.2. The largest absolute Gasteiger partial charge is 0.420 e. The van der Waals surface area contributed by atoms with Crippen LogP contribution >= 0.6 is 0 Å². The number of benzene rings is 3. The van der Waals surface area contributed by atoms with Crippen LogP contribution in [0.3, 0.4) is 0 Å². The van der Waals surface area contributed by atoms with Gasteiger partial charge in [0.05, 0.1) is 144 Å². The summed E-state index contributed by atoms with van der Waals surface area (Å²) >= 11 is 0. The molecule has 3 aromatic carbocycles. The van der Waals surface area contributed by atoms with Gasteiger partial charge in [-0.1, -0.05) is 44.2 Å². The zero-order valence-electron chi connectivity index (χ0n) is 49.6. The highest BCUT2D eigenvalue weighted by atomic mass is 19.2. The molecule has 0 aliphatic carbocycles. The number of esters is 1. The molecular weight excluding hydrogens is 1120 g/mol. The third-order valence-electron chi connectivity index (χ3n) is 13.0. The molecule has 85 heavy (non-hydrogen) atoms. The number of amidine groups is 1. The lowest BCUT2D eigenvalue weighted by atomic mass is 10.0. The Bertz CT molecular complexity index is 2530. The van der Waals surface area contributed by atoms with Gasteiger partial charge in [0.2, 0.25) is 23.3 Å². The maximum absolute atomic E-state index is 13.6. The Morgan fingerprint density at radius 2 is 1.11 bits per heavy atom. The van der Waals surface area contributed by atoms with Crippen molar-refractivity contribution < 1.29 is 84.1 Å². The third kappa shape index (κ3) is 27.8. The highest BCUT2D eigenvalue weighted by Gasteiger charge is 2.25. The van der Waals surface area contributed by atoms with Crippen LogP contribution in [0.5, 0.6) is 5.75 Å². The van der Waals surface area contributed by atoms with Crippen molar-refractivity contribution in [1.82, 2.24) is 14.7 Å². The molecular formula is C61H86F4N6O14. The SMILES string of the molecule is CCCN(CCC)C(=O)C1=Cc2ccc(C(=O)N=C3CCCN(Cc4ccc(CN(C)CCOCCOCCOCCOCCOCCOCCOCCOCCOCCOCCC(=O)Oc5c(F)c(F)cc(F)c5F)cc4)C3)cc2N=C(N)C1. The molecule has 3 aromatic rings. The first-order valence-electron chi connectivity index (χ1n) is 29.2. The van der Waals surface area contributed by atoms with E-state index in [1.165, 1.54) is 11.1 Å². The first kappa shape index (κ1) is 70.2. The van der Waals surface area contributed by atoms with Gasteiger partial charge < -0.3 is 62.7 Å². The minimum absolute atomic E-state index is 0.0179. The van der Waals surface area contributed by atoms with Crippen LogP contribution in [0.25, 0.3) is 6.08 Å². The average Bonchev–Trinajstić information content (AvgIpc) is 3.77. The van der Waals surface area contributed by atoms with Gasteiger partial charge in [0, 0.05) is 74.2 Å². The highest BCUT2D eigenvalue weighted by molar-refractivity contribution is 6.07. The number of aliphatic imine (C=N–C) groups is 2. The Morgan fingerprint density at radius 3 is 1.61 bits per heavy atom. The van der Waals surface area contributed by atoms with Gasteiger partial charge in [-0.25, -0.2) is 18.8 Å². The lowest BCUT2D eigenvalue weighted by molar-refractivity contribution is -0.136. The van der Waals surface area contributed by atoms with Gasteiger partial charge in [0.25, 0.3) is 5.91 Å². The Morgan fingerprint density at radius 1 is 0.624 bits per heavy atom. The second kappa shape index (κ2) is 41.5. The van der Waals surface area contributed by atoms with E-state index in [0.29, 0.717) is 155 Å². The molecule has 0 saturated carbocycles. The molecule has 1 fully saturated rings. The number of nitrogens with zero attached hydrogens (tertiary/aromatic N) is 5. The fourth-order valence-corrected chi connectivity index (χ4v) is 8.74. The van der Waals surface area contributed by atoms with Gasteiger partial charge in [-0.05, 0) is 68.6 Å². The first-order chi connectivity index (χ1) is 41.3. The van der Waals surface area contributed by atoms with Crippen molar-refractivity contribution in [2.24, 2.45) is 15.7 Å². The van der Waals surface area contributed by atoms with Gasteiger partial charge in [-0.2, -0.15) is 8.78 Å². The molecule has 5 rings (SSSR count). The van der Waals surface area contributed by atoms with Crippen LogP contribution in [-0.2, 0) is 70.0 Å². The maximum Gasteiger partial charge on any atom is 0.313 e. The minimum Gasteiger partial charge on any atom is -0.420 e. The van der Waals surface area contributed by atoms with Gasteiger partial charge in [-0.15, -0.1) is 0 Å². The molecule has 0 aromatic heterocycles. The van der Waals surface area contributed by atoms with Crippen LogP contribution in [0.1, 0.15) is 79.4 Å². The summed E-state index contributed by atoms with van der Waals surface area (Å²) in [5.41, 5.74) is 11.9. The zero-order valence-corrected chi connectivity index (χ0v) is 49.6. The molecule has 0 bridgehead atoms. The summed E-state index contributed by atoms with van der Waals surface area (Å²) in [6, 6.07) is 14.0. The average molecular weight is 1200 g/mol. The Hall–Kier alpha value is -5.61. The summed E-state index contributed by atoms with van der Waals surface area (Å²) in [6.07, 6.45) is 5.15. The van der Waals surface area contributed by atoms with Crippen molar-refractivity contribution >= 4 is 41.1 Å². The molecule has 0 radical (unpaired) electrons. The summed E-state index contributed by atoms with van der Waals surface area (Å²) in [4.78, 5) is 54.1. The zero-order chi connectivity index (χ0) is 60.9. The van der Waals surface area contributed by atoms with E-state index in [1.807, 2.05) is 17.0 Å². The van der Waals surface area contributed by atoms with E-state index in [4.69, 9.17) is 53.1 Å². The predicted molar refractivity (Wildman–Crippen MR) is 311 cm³/mol. The number of carbonyl (C=O) groups excluding carboxylic acids is 3. The molecule has 0 atom stereocenters. The van der Waals surface area contributed by atoms with E-state index in [-0.39, 0.29) is 44.1 Å². The second-order valence-electron chi connectivity index (χ2n) is 20.0. The molecule has 1 saturated heterocycles. The monoisotopic (exact) mass is 1200 g/mol. The minimum atomic E-state index is -1.80. The summed E-state index contributed by atoms with van der Waals surface area (Å²) in [5.74, 6) is -9.50. The number of nitrogens with two attached hydrogens (primary N) is 1. The Balaban J connectivity index is 0.762. The molecule has 24 heteroatoms. The molecule has 472 valence electrons. The molecule has 2 amide bonds. The number of carbonyl (C=O) groups is 3. The molecule has 2 heterocycles. The summed E-state index contributed by atoms with van der Waals surface area (Å²) in [7, 11) is 2.08. The number of likely N-dealkylation sites (N-methyl/N-ethyl adjacent to an activating group) is 1. The van der Waals surface area contributed by atoms with Crippen LogP contribution in [0.2, 0.25) is 0 Å². The molecule has 2 N–H and O–H groups in total. The quantitative estimate of drug-likeness (QED) is 0.0196. The van der Waals surface area contributed by atoms with E-state index in [9.17, 15) is 31.9 Å². The van der Waals surface area contributed by atoms with E-state index >= 15 is 0 Å². The van der Waals surface area contributed by atoms with E-state index in [2.05, 4.69) is 69.7 Å². The van der Waals surface area contributed by atoms with Crippen LogP contribution in [0.4, 0.5) is 23.2 Å². The van der Waals surface area contributed by atoms with Crippen molar-refractivity contribution in [3.63, 3.8) is 0 Å². The van der Waals surface area contributed by atoms with Crippen LogP contribution in [-0.4, -0.2) is 216 Å². The number of halogens is 4. The van der Waals surface area contributed by atoms with Crippen molar-refractivity contribution in [1.29, 1.82) is 0 Å². The fraction of sp³-hybridized carbons (Fsp3) is 0.590. The predicted octanol–water partition coefficient (Wildman–Crippen LogP) is 7.14. The van der Waals surface area contributed by atoms with E-state index in [1.54, 1.807) is 12.1 Å². The smallest absolute Gasteiger partial charge is 0.313 e. The number of hydrogen-bond acceptors (Lipinski definition) is 18. The number of fused-ring (bicyclic) bond motifs is 1. The highest BCUT2D eigenvalue weighted by Crippen LogP contribution is 2.30. The van der Waals surface area contributed by atoms with Crippen molar-refractivity contribution in [2.75, 3.05) is 172 Å². The van der Waals surface area contributed by atoms with E-state index < -0.39 is 41.4 Å². The number of hydrogen-bond donors (Lipinski definition) is 1.